The molecule has 7 heteroatoms. The molecule has 30 heavy (non-hydrogen) atoms. The van der Waals surface area contributed by atoms with Gasteiger partial charge in [-0.05, 0) is 65.6 Å². The maximum Gasteiger partial charge on any atom is 0.320 e. The van der Waals surface area contributed by atoms with Crippen molar-refractivity contribution in [3.05, 3.63) is 82.9 Å². The summed E-state index contributed by atoms with van der Waals surface area (Å²) in [6.45, 7) is 1.95. The van der Waals surface area contributed by atoms with Crippen molar-refractivity contribution in [3.8, 4) is 11.3 Å². The molecule has 1 unspecified atom stereocenters. The first-order valence-electron chi connectivity index (χ1n) is 9.74. The first kappa shape index (κ1) is 19.7. The lowest BCUT2D eigenvalue weighted by molar-refractivity contribution is 0.214. The molecule has 0 saturated carbocycles. The van der Waals surface area contributed by atoms with E-state index >= 15 is 0 Å². The molecule has 2 aromatic carbocycles. The summed E-state index contributed by atoms with van der Waals surface area (Å²) in [5.41, 5.74) is 11.6. The molecule has 0 aliphatic carbocycles. The number of nitrogens with one attached hydrogen (secondary N) is 2. The molecule has 0 saturated heterocycles. The number of benzene rings is 2. The molecule has 3 aromatic rings. The van der Waals surface area contributed by atoms with Crippen LogP contribution in [0.4, 0.5) is 14.9 Å². The molecule has 0 spiro atoms. The second kappa shape index (κ2) is 8.04. The number of nitrogens with zero attached hydrogens (tertiary/aromatic N) is 1. The van der Waals surface area contributed by atoms with E-state index in [1.54, 1.807) is 24.4 Å². The van der Waals surface area contributed by atoms with Gasteiger partial charge in [0.25, 0.3) is 0 Å². The van der Waals surface area contributed by atoms with E-state index in [4.69, 9.17) is 5.73 Å². The molecule has 6 nitrogen and oxygen atoms in total. The standard InChI is InChI=1S/C23H23FN4O2/c1-2-17-15(13-29)4-3-5-19(17)27-22-18-12-21(14-6-8-16(24)9-7-14)26-20(18)10-11-28(22)23(25)30/h3-12,22,26-27,29H,2,13H2,1H3,(H2,25,30). The van der Waals surface area contributed by atoms with Crippen LogP contribution < -0.4 is 11.1 Å². The second-order valence-corrected chi connectivity index (χ2v) is 7.12. The Labute approximate surface area is 173 Å². The number of amides is 2. The Morgan fingerprint density at radius 1 is 1.27 bits per heavy atom. The fraction of sp³-hybridized carbons (Fsp3) is 0.174. The molecule has 2 heterocycles. The van der Waals surface area contributed by atoms with Gasteiger partial charge in [0.2, 0.25) is 0 Å². The fourth-order valence-corrected chi connectivity index (χ4v) is 3.86. The Morgan fingerprint density at radius 2 is 2.03 bits per heavy atom. The van der Waals surface area contributed by atoms with Gasteiger partial charge in [0.05, 0.1) is 6.61 Å². The molecule has 0 radical (unpaired) electrons. The van der Waals surface area contributed by atoms with Crippen molar-refractivity contribution in [2.75, 3.05) is 5.32 Å². The van der Waals surface area contributed by atoms with E-state index in [0.29, 0.717) is 0 Å². The smallest absolute Gasteiger partial charge is 0.320 e. The van der Waals surface area contributed by atoms with Gasteiger partial charge in [-0.3, -0.25) is 4.90 Å². The molecule has 1 aliphatic heterocycles. The van der Waals surface area contributed by atoms with Crippen LogP contribution in [0, 0.1) is 5.82 Å². The minimum Gasteiger partial charge on any atom is -0.392 e. The molecule has 2 amide bonds. The lowest BCUT2D eigenvalue weighted by atomic mass is 10.0. The topological polar surface area (TPSA) is 94.4 Å². The minimum atomic E-state index is -0.588. The number of urea groups is 1. The lowest BCUT2D eigenvalue weighted by Crippen LogP contribution is -2.39. The molecular weight excluding hydrogens is 383 g/mol. The van der Waals surface area contributed by atoms with Gasteiger partial charge in [-0.1, -0.05) is 19.1 Å². The van der Waals surface area contributed by atoms with Crippen molar-refractivity contribution in [2.24, 2.45) is 5.73 Å². The minimum absolute atomic E-state index is 0.0626. The highest BCUT2D eigenvalue weighted by Crippen LogP contribution is 2.36. The third kappa shape index (κ3) is 3.55. The summed E-state index contributed by atoms with van der Waals surface area (Å²) in [6, 6.07) is 13.2. The van der Waals surface area contributed by atoms with Crippen LogP contribution in [0.5, 0.6) is 0 Å². The first-order chi connectivity index (χ1) is 14.5. The summed E-state index contributed by atoms with van der Waals surface area (Å²) in [5.74, 6) is -0.301. The summed E-state index contributed by atoms with van der Waals surface area (Å²) in [5, 5.41) is 13.1. The van der Waals surface area contributed by atoms with Crippen molar-refractivity contribution in [2.45, 2.75) is 26.1 Å². The number of carbonyl (C=O) groups is 1. The van der Waals surface area contributed by atoms with Crippen molar-refractivity contribution < 1.29 is 14.3 Å². The molecular formula is C23H23FN4O2. The van der Waals surface area contributed by atoms with Crippen LogP contribution in [0.15, 0.2) is 54.7 Å². The number of aliphatic hydroxyl groups is 1. The predicted molar refractivity (Wildman–Crippen MR) is 115 cm³/mol. The lowest BCUT2D eigenvalue weighted by Gasteiger charge is -2.32. The third-order valence-electron chi connectivity index (χ3n) is 5.35. The summed E-state index contributed by atoms with van der Waals surface area (Å²) < 4.78 is 13.3. The number of aliphatic hydroxyl groups excluding tert-OH is 1. The van der Waals surface area contributed by atoms with Gasteiger partial charge in [0.1, 0.15) is 12.0 Å². The summed E-state index contributed by atoms with van der Waals surface area (Å²) in [4.78, 5) is 16.9. The summed E-state index contributed by atoms with van der Waals surface area (Å²) in [6.07, 6.45) is 3.61. The number of halogens is 1. The number of anilines is 1. The van der Waals surface area contributed by atoms with E-state index in [1.165, 1.54) is 17.0 Å². The van der Waals surface area contributed by atoms with Crippen LogP contribution in [0.2, 0.25) is 0 Å². The number of primary amides is 1. The highest BCUT2D eigenvalue weighted by molar-refractivity contribution is 5.78. The average Bonchev–Trinajstić information content (AvgIpc) is 3.18. The van der Waals surface area contributed by atoms with Crippen molar-refractivity contribution >= 4 is 17.8 Å². The van der Waals surface area contributed by atoms with Crippen molar-refractivity contribution in [1.82, 2.24) is 9.88 Å². The van der Waals surface area contributed by atoms with Crippen LogP contribution in [0.25, 0.3) is 17.3 Å². The van der Waals surface area contributed by atoms with Crippen molar-refractivity contribution in [1.29, 1.82) is 0 Å². The molecule has 1 atom stereocenters. The van der Waals surface area contributed by atoms with E-state index in [1.807, 2.05) is 31.2 Å². The maximum absolute atomic E-state index is 13.3. The zero-order valence-corrected chi connectivity index (χ0v) is 16.5. The van der Waals surface area contributed by atoms with Crippen LogP contribution in [0.1, 0.15) is 35.5 Å². The number of rotatable bonds is 5. The van der Waals surface area contributed by atoms with Gasteiger partial charge in [-0.25, -0.2) is 9.18 Å². The fourth-order valence-electron chi connectivity index (χ4n) is 3.86. The maximum atomic E-state index is 13.3. The number of aromatic amines is 1. The molecule has 1 aromatic heterocycles. The Bertz CT molecular complexity index is 1100. The van der Waals surface area contributed by atoms with Crippen LogP contribution in [0.3, 0.4) is 0 Å². The van der Waals surface area contributed by atoms with Crippen LogP contribution in [-0.4, -0.2) is 21.0 Å². The quantitative estimate of drug-likeness (QED) is 0.507. The van der Waals surface area contributed by atoms with Gasteiger partial charge >= 0.3 is 6.03 Å². The highest BCUT2D eigenvalue weighted by Gasteiger charge is 2.29. The monoisotopic (exact) mass is 406 g/mol. The number of hydrogen-bond acceptors (Lipinski definition) is 3. The Balaban J connectivity index is 1.76. The van der Waals surface area contributed by atoms with Gasteiger partial charge in [0.15, 0.2) is 0 Å². The Morgan fingerprint density at radius 3 is 2.70 bits per heavy atom. The Hall–Kier alpha value is -3.58. The number of fused-ring (bicyclic) bond motifs is 1. The number of nitrogens with two attached hydrogens (primary N) is 1. The molecule has 0 bridgehead atoms. The summed E-state index contributed by atoms with van der Waals surface area (Å²) in [7, 11) is 0. The zero-order chi connectivity index (χ0) is 21.3. The summed E-state index contributed by atoms with van der Waals surface area (Å²) >= 11 is 0. The molecule has 0 fully saturated rings. The third-order valence-corrected chi connectivity index (χ3v) is 5.35. The zero-order valence-electron chi connectivity index (χ0n) is 16.5. The number of carbonyl (C=O) groups excluding carboxylic acids is 1. The van der Waals surface area contributed by atoms with E-state index in [-0.39, 0.29) is 12.4 Å². The molecule has 1 aliphatic rings. The van der Waals surface area contributed by atoms with Gasteiger partial charge in [-0.2, -0.15) is 0 Å². The van der Waals surface area contributed by atoms with E-state index in [9.17, 15) is 14.3 Å². The first-order valence-corrected chi connectivity index (χ1v) is 9.74. The molecule has 154 valence electrons. The van der Waals surface area contributed by atoms with Crippen LogP contribution in [-0.2, 0) is 13.0 Å². The van der Waals surface area contributed by atoms with E-state index in [2.05, 4.69) is 10.3 Å². The molecule has 5 N–H and O–H groups in total. The Kier molecular flexibility index (Phi) is 5.29. The SMILES string of the molecule is CCc1c(CO)cccc1NC1c2cc(-c3ccc(F)cc3)[nH]c2C=CN1C(N)=O. The molecule has 4 rings (SSSR count). The number of aromatic nitrogens is 1. The van der Waals surface area contributed by atoms with Gasteiger partial charge in [0, 0.05) is 28.8 Å². The van der Waals surface area contributed by atoms with Crippen molar-refractivity contribution in [3.63, 3.8) is 0 Å². The normalized spacial score (nSPS) is 15.2. The number of H-pyrrole nitrogens is 1. The predicted octanol–water partition coefficient (Wildman–Crippen LogP) is 4.35. The largest absolute Gasteiger partial charge is 0.392 e. The van der Waals surface area contributed by atoms with Gasteiger partial charge in [-0.15, -0.1) is 0 Å². The van der Waals surface area contributed by atoms with Gasteiger partial charge < -0.3 is 21.1 Å². The van der Waals surface area contributed by atoms with E-state index in [0.717, 1.165) is 45.7 Å². The number of hydrogen-bond donors (Lipinski definition) is 4. The second-order valence-electron chi connectivity index (χ2n) is 7.12. The van der Waals surface area contributed by atoms with E-state index < -0.39 is 12.2 Å². The average molecular weight is 406 g/mol. The van der Waals surface area contributed by atoms with Crippen LogP contribution >= 0.6 is 0 Å². The highest BCUT2D eigenvalue weighted by atomic mass is 19.1.